The smallest absolute Gasteiger partial charge is 0.311 e. The van der Waals surface area contributed by atoms with Crippen molar-refractivity contribution >= 4 is 28.6 Å². The van der Waals surface area contributed by atoms with Crippen molar-refractivity contribution in [2.45, 2.75) is 19.8 Å². The monoisotopic (exact) mass is 366 g/mol. The van der Waals surface area contributed by atoms with Gasteiger partial charge in [0.25, 0.3) is 6.43 Å². The number of nitriles is 1. The first-order chi connectivity index (χ1) is 8.51. The Balaban J connectivity index is 3.13. The third kappa shape index (κ3) is 3.35. The van der Waals surface area contributed by atoms with Crippen molar-refractivity contribution in [3.8, 4) is 6.07 Å². The number of carbonyl (C=O) groups excluding carboxylic acids is 1. The average Bonchev–Trinajstić information content (AvgIpc) is 2.31. The van der Waals surface area contributed by atoms with Crippen LogP contribution in [0, 0.1) is 14.9 Å². The highest BCUT2D eigenvalue weighted by Gasteiger charge is 2.21. The van der Waals surface area contributed by atoms with E-state index >= 15 is 0 Å². The topological polar surface area (TPSA) is 63.0 Å². The summed E-state index contributed by atoms with van der Waals surface area (Å²) < 4.78 is 30.5. The van der Waals surface area contributed by atoms with Gasteiger partial charge in [-0.1, -0.05) is 0 Å². The summed E-state index contributed by atoms with van der Waals surface area (Å²) in [5.74, 6) is -0.534. The van der Waals surface area contributed by atoms with Gasteiger partial charge in [-0.05, 0) is 29.5 Å². The molecule has 0 aliphatic rings. The van der Waals surface area contributed by atoms with Gasteiger partial charge in [-0.2, -0.15) is 5.26 Å². The van der Waals surface area contributed by atoms with Gasteiger partial charge in [0.1, 0.15) is 6.07 Å². The zero-order valence-corrected chi connectivity index (χ0v) is 11.6. The predicted molar refractivity (Wildman–Crippen MR) is 67.0 cm³/mol. The molecule has 0 radical (unpaired) electrons. The van der Waals surface area contributed by atoms with Crippen LogP contribution in [0.3, 0.4) is 0 Å². The van der Waals surface area contributed by atoms with Crippen LogP contribution in [0.15, 0.2) is 6.20 Å². The first-order valence-corrected chi connectivity index (χ1v) is 6.10. The number of esters is 1. The molecule has 96 valence electrons. The van der Waals surface area contributed by atoms with Crippen LogP contribution in [0.25, 0.3) is 0 Å². The Hall–Kier alpha value is -1.30. The largest absolute Gasteiger partial charge is 0.466 e. The fraction of sp³-hybridized carbons (Fsp3) is 0.364. The molecule has 0 spiro atoms. The second-order valence-electron chi connectivity index (χ2n) is 3.24. The van der Waals surface area contributed by atoms with E-state index in [2.05, 4.69) is 4.98 Å². The van der Waals surface area contributed by atoms with Crippen LogP contribution < -0.4 is 0 Å². The Morgan fingerprint density at radius 1 is 1.67 bits per heavy atom. The van der Waals surface area contributed by atoms with Gasteiger partial charge in [-0.25, -0.2) is 8.78 Å². The maximum Gasteiger partial charge on any atom is 0.311 e. The summed E-state index contributed by atoms with van der Waals surface area (Å²) in [5, 5.41) is 8.73. The number of nitrogens with zero attached hydrogens (tertiary/aromatic N) is 2. The molecule has 18 heavy (non-hydrogen) atoms. The van der Waals surface area contributed by atoms with E-state index in [1.165, 1.54) is 0 Å². The fourth-order valence-corrected chi connectivity index (χ4v) is 2.17. The molecule has 1 rings (SSSR count). The van der Waals surface area contributed by atoms with Crippen LogP contribution in [0.4, 0.5) is 8.78 Å². The molecular formula is C11H9F2IN2O2. The van der Waals surface area contributed by atoms with E-state index in [4.69, 9.17) is 10.00 Å². The van der Waals surface area contributed by atoms with E-state index in [0.29, 0.717) is 0 Å². The minimum absolute atomic E-state index is 0.134. The molecule has 4 nitrogen and oxygen atoms in total. The van der Waals surface area contributed by atoms with Crippen LogP contribution in [-0.4, -0.2) is 17.6 Å². The third-order valence-electron chi connectivity index (χ3n) is 2.09. The molecule has 0 atom stereocenters. The molecular weight excluding hydrogens is 357 g/mol. The molecule has 0 saturated carbocycles. The van der Waals surface area contributed by atoms with Crippen molar-refractivity contribution in [2.75, 3.05) is 6.61 Å². The lowest BCUT2D eigenvalue weighted by Gasteiger charge is -2.09. The van der Waals surface area contributed by atoms with Crippen LogP contribution in [0.1, 0.15) is 30.2 Å². The molecule has 7 heteroatoms. The molecule has 0 aliphatic carbocycles. The third-order valence-corrected chi connectivity index (χ3v) is 3.29. The minimum Gasteiger partial charge on any atom is -0.466 e. The molecule has 0 saturated heterocycles. The SMILES string of the molecule is CCOC(=O)Cc1ncc(C#N)c(C(F)F)c1I. The summed E-state index contributed by atoms with van der Waals surface area (Å²) in [7, 11) is 0. The highest BCUT2D eigenvalue weighted by molar-refractivity contribution is 14.1. The van der Waals surface area contributed by atoms with Crippen molar-refractivity contribution < 1.29 is 18.3 Å². The first-order valence-electron chi connectivity index (χ1n) is 5.02. The molecule has 1 aromatic heterocycles. The molecule has 1 heterocycles. The number of aromatic nitrogens is 1. The molecule has 0 bridgehead atoms. The number of rotatable bonds is 4. The van der Waals surface area contributed by atoms with Gasteiger partial charge >= 0.3 is 5.97 Å². The standard InChI is InChI=1S/C11H9F2IN2O2/c1-2-18-8(17)3-7-10(14)9(11(12)13)6(4-15)5-16-7/h5,11H,2-3H2,1H3. The van der Waals surface area contributed by atoms with Gasteiger partial charge in [0.2, 0.25) is 0 Å². The molecule has 0 aromatic carbocycles. The van der Waals surface area contributed by atoms with Gasteiger partial charge in [-0.15, -0.1) is 0 Å². The van der Waals surface area contributed by atoms with Crippen LogP contribution >= 0.6 is 22.6 Å². The highest BCUT2D eigenvalue weighted by Crippen LogP contribution is 2.29. The summed E-state index contributed by atoms with van der Waals surface area (Å²) in [6.45, 7) is 1.87. The zero-order chi connectivity index (χ0) is 13.7. The van der Waals surface area contributed by atoms with Gasteiger partial charge in [0, 0.05) is 9.77 Å². The van der Waals surface area contributed by atoms with Crippen molar-refractivity contribution in [2.24, 2.45) is 0 Å². The second kappa shape index (κ2) is 6.58. The molecule has 0 unspecified atom stereocenters. The van der Waals surface area contributed by atoms with E-state index in [0.717, 1.165) is 6.20 Å². The summed E-state index contributed by atoms with van der Waals surface area (Å²) in [6.07, 6.45) is -1.91. The van der Waals surface area contributed by atoms with E-state index < -0.39 is 12.4 Å². The van der Waals surface area contributed by atoms with Crippen molar-refractivity contribution in [3.63, 3.8) is 0 Å². The van der Waals surface area contributed by atoms with Gasteiger partial charge in [0.05, 0.1) is 29.8 Å². The number of alkyl halides is 2. The molecule has 0 aliphatic heterocycles. The number of hydrogen-bond donors (Lipinski definition) is 0. The van der Waals surface area contributed by atoms with Crippen LogP contribution in [-0.2, 0) is 16.0 Å². The predicted octanol–water partition coefficient (Wildman–Crippen LogP) is 2.60. The average molecular weight is 366 g/mol. The lowest BCUT2D eigenvalue weighted by Crippen LogP contribution is -2.12. The van der Waals surface area contributed by atoms with E-state index in [9.17, 15) is 13.6 Å². The Labute approximate surface area is 116 Å². The van der Waals surface area contributed by atoms with Crippen molar-refractivity contribution in [3.05, 3.63) is 26.6 Å². The molecule has 0 fully saturated rings. The maximum absolute atomic E-state index is 12.8. The summed E-state index contributed by atoms with van der Waals surface area (Å²) >= 11 is 1.67. The Kier molecular flexibility index (Phi) is 5.40. The normalized spacial score (nSPS) is 10.2. The lowest BCUT2D eigenvalue weighted by molar-refractivity contribution is -0.142. The lowest BCUT2D eigenvalue weighted by atomic mass is 10.1. The summed E-state index contributed by atoms with van der Waals surface area (Å²) in [5.41, 5.74) is -0.363. The Bertz CT molecular complexity index is 501. The number of pyridine rings is 1. The number of hydrogen-bond acceptors (Lipinski definition) is 4. The fourth-order valence-electron chi connectivity index (χ4n) is 1.32. The molecule has 1 aromatic rings. The number of carbonyl (C=O) groups is 1. The van der Waals surface area contributed by atoms with Crippen molar-refractivity contribution in [1.29, 1.82) is 5.26 Å². The highest BCUT2D eigenvalue weighted by atomic mass is 127. The van der Waals surface area contributed by atoms with E-state index in [1.54, 1.807) is 35.6 Å². The number of halogens is 3. The van der Waals surface area contributed by atoms with E-state index in [-0.39, 0.29) is 33.4 Å². The van der Waals surface area contributed by atoms with Gasteiger partial charge in [0.15, 0.2) is 0 Å². The summed E-state index contributed by atoms with van der Waals surface area (Å²) in [6, 6.07) is 1.66. The van der Waals surface area contributed by atoms with Gasteiger partial charge < -0.3 is 4.74 Å². The minimum atomic E-state index is -2.78. The maximum atomic E-state index is 12.8. The quantitative estimate of drug-likeness (QED) is 0.607. The van der Waals surface area contributed by atoms with Crippen LogP contribution in [0.2, 0.25) is 0 Å². The van der Waals surface area contributed by atoms with Gasteiger partial charge in [-0.3, -0.25) is 9.78 Å². The summed E-state index contributed by atoms with van der Waals surface area (Å²) in [4.78, 5) is 15.1. The zero-order valence-electron chi connectivity index (χ0n) is 9.41. The number of ether oxygens (including phenoxy) is 1. The first kappa shape index (κ1) is 14.8. The Morgan fingerprint density at radius 2 is 2.33 bits per heavy atom. The molecule has 0 amide bonds. The Morgan fingerprint density at radius 3 is 2.83 bits per heavy atom. The van der Waals surface area contributed by atoms with Crippen molar-refractivity contribution in [1.82, 2.24) is 4.98 Å². The van der Waals surface area contributed by atoms with Crippen LogP contribution in [0.5, 0.6) is 0 Å². The second-order valence-corrected chi connectivity index (χ2v) is 4.32. The van der Waals surface area contributed by atoms with E-state index in [1.807, 2.05) is 0 Å². The molecule has 0 N–H and O–H groups in total.